The summed E-state index contributed by atoms with van der Waals surface area (Å²) >= 11 is 0. The number of aliphatic hydroxyl groups excluding tert-OH is 9. The summed E-state index contributed by atoms with van der Waals surface area (Å²) in [6.45, 7) is 7.19. The van der Waals surface area contributed by atoms with Gasteiger partial charge in [-0.3, -0.25) is 4.79 Å². The van der Waals surface area contributed by atoms with Gasteiger partial charge in [-0.2, -0.15) is 0 Å². The van der Waals surface area contributed by atoms with Gasteiger partial charge in [0.2, 0.25) is 0 Å². The SMILES string of the molecule is CC1/C=C/C=C/C=C/C=C/C=C/C=C/C=C/C(OC2OC(C)C(O)C(N)C2O)CC2OC(CC(O)CC(O)C(O)CCC(O)CC(O)CC3OC(C)C(C(C)O3)C1O)CC(O)C2C(=O)O. The van der Waals surface area contributed by atoms with E-state index in [9.17, 15) is 55.9 Å². The lowest BCUT2D eigenvalue weighted by molar-refractivity contribution is -0.282. The topological polar surface area (TPSA) is 292 Å². The Labute approximate surface area is 382 Å². The first-order valence-electron chi connectivity index (χ1n) is 22.9. The maximum Gasteiger partial charge on any atom is 0.311 e. The van der Waals surface area contributed by atoms with Crippen molar-refractivity contribution >= 4 is 5.97 Å². The van der Waals surface area contributed by atoms with Crippen LogP contribution in [-0.2, 0) is 28.5 Å². The molecule has 5 aliphatic heterocycles. The monoisotopic (exact) mass is 922 g/mol. The van der Waals surface area contributed by atoms with Gasteiger partial charge in [-0.25, -0.2) is 0 Å². The normalized spacial score (nSPS) is 47.4. The summed E-state index contributed by atoms with van der Waals surface area (Å²) in [5, 5.41) is 108. The lowest BCUT2D eigenvalue weighted by Crippen LogP contribution is -2.61. The van der Waals surface area contributed by atoms with Crippen molar-refractivity contribution in [1.82, 2.24) is 0 Å². The molecule has 0 saturated carbocycles. The van der Waals surface area contributed by atoms with Crippen LogP contribution in [0.5, 0.6) is 0 Å². The van der Waals surface area contributed by atoms with Gasteiger partial charge in [0.15, 0.2) is 12.6 Å². The van der Waals surface area contributed by atoms with Gasteiger partial charge in [-0.05, 0) is 46.5 Å². The lowest BCUT2D eigenvalue weighted by Gasteiger charge is -2.43. The Balaban J connectivity index is 1.52. The Morgan fingerprint density at radius 3 is 1.68 bits per heavy atom. The molecule has 17 nitrogen and oxygen atoms in total. The van der Waals surface area contributed by atoms with E-state index in [0.29, 0.717) is 0 Å². The van der Waals surface area contributed by atoms with E-state index < -0.39 is 110 Å². The third-order valence-corrected chi connectivity index (χ3v) is 12.7. The quantitative estimate of drug-likeness (QED) is 0.192. The molecule has 3 fully saturated rings. The number of carboxylic acid groups (broad SMARTS) is 1. The van der Waals surface area contributed by atoms with Crippen LogP contribution in [0.2, 0.25) is 0 Å². The predicted octanol–water partition coefficient (Wildman–Crippen LogP) is 1.59. The second-order valence-electron chi connectivity index (χ2n) is 18.0. The summed E-state index contributed by atoms with van der Waals surface area (Å²) in [4.78, 5) is 12.5. The van der Waals surface area contributed by atoms with Crippen molar-refractivity contribution in [3.63, 3.8) is 0 Å². The van der Waals surface area contributed by atoms with Gasteiger partial charge in [-0.1, -0.05) is 92.0 Å². The number of carbonyl (C=O) groups is 1. The number of hydrogen-bond donors (Lipinski definition) is 11. The molecule has 17 heteroatoms. The Kier molecular flexibility index (Phi) is 22.8. The predicted molar refractivity (Wildman–Crippen MR) is 239 cm³/mol. The Morgan fingerprint density at radius 2 is 1.09 bits per heavy atom. The second kappa shape index (κ2) is 27.1. The minimum absolute atomic E-state index is 0.0292. The van der Waals surface area contributed by atoms with Crippen LogP contribution in [0.1, 0.15) is 79.1 Å². The van der Waals surface area contributed by atoms with Crippen LogP contribution in [0.3, 0.4) is 0 Å². The number of hydrogen-bond acceptors (Lipinski definition) is 16. The van der Waals surface area contributed by atoms with E-state index in [0.717, 1.165) is 0 Å². The molecule has 4 bridgehead atoms. The minimum atomic E-state index is -1.43. The molecule has 3 saturated heterocycles. The summed E-state index contributed by atoms with van der Waals surface area (Å²) in [6, 6.07) is -1.09. The van der Waals surface area contributed by atoms with E-state index >= 15 is 0 Å². The van der Waals surface area contributed by atoms with Crippen LogP contribution in [0.15, 0.2) is 85.1 Å². The van der Waals surface area contributed by atoms with E-state index in [1.165, 1.54) is 0 Å². The lowest BCUT2D eigenvalue weighted by atomic mass is 9.83. The molecule has 0 spiro atoms. The van der Waals surface area contributed by atoms with Crippen LogP contribution >= 0.6 is 0 Å². The number of fused-ring (bicyclic) bond motifs is 22. The van der Waals surface area contributed by atoms with Gasteiger partial charge in [0.1, 0.15) is 12.0 Å². The highest BCUT2D eigenvalue weighted by molar-refractivity contribution is 5.71. The van der Waals surface area contributed by atoms with Crippen LogP contribution in [0.4, 0.5) is 0 Å². The van der Waals surface area contributed by atoms with E-state index in [-0.39, 0.29) is 75.4 Å². The number of aliphatic carboxylic acids is 1. The van der Waals surface area contributed by atoms with E-state index in [1.54, 1.807) is 37.3 Å². The second-order valence-corrected chi connectivity index (χ2v) is 18.0. The highest BCUT2D eigenvalue weighted by Gasteiger charge is 2.46. The Morgan fingerprint density at radius 1 is 0.538 bits per heavy atom. The summed E-state index contributed by atoms with van der Waals surface area (Å²) in [6.07, 6.45) is 7.02. The van der Waals surface area contributed by atoms with Gasteiger partial charge >= 0.3 is 5.97 Å². The van der Waals surface area contributed by atoms with E-state index in [2.05, 4.69) is 0 Å². The molecule has 0 aliphatic carbocycles. The molecule has 0 radical (unpaired) electrons. The maximum absolute atomic E-state index is 12.5. The number of carboxylic acids is 1. The fourth-order valence-electron chi connectivity index (χ4n) is 8.91. The summed E-state index contributed by atoms with van der Waals surface area (Å²) in [5.41, 5.74) is 6.04. The molecule has 0 aromatic carbocycles. The first-order valence-corrected chi connectivity index (χ1v) is 22.9. The number of allylic oxidation sites excluding steroid dienone is 12. The van der Waals surface area contributed by atoms with Crippen LogP contribution in [-0.4, -0.2) is 167 Å². The van der Waals surface area contributed by atoms with Crippen molar-refractivity contribution in [2.45, 2.75) is 189 Å². The molecule has 5 heterocycles. The minimum Gasteiger partial charge on any atom is -0.481 e. The molecular weight excluding hydrogens is 847 g/mol. The average Bonchev–Trinajstić information content (AvgIpc) is 3.22. The molecule has 65 heavy (non-hydrogen) atoms. The van der Waals surface area contributed by atoms with Gasteiger partial charge in [0.05, 0.1) is 91.5 Å². The third kappa shape index (κ3) is 17.3. The maximum atomic E-state index is 12.5. The van der Waals surface area contributed by atoms with Gasteiger partial charge in [-0.15, -0.1) is 0 Å². The van der Waals surface area contributed by atoms with Gasteiger partial charge in [0.25, 0.3) is 0 Å². The van der Waals surface area contributed by atoms with Crippen LogP contribution in [0, 0.1) is 17.8 Å². The molecule has 0 aromatic heterocycles. The molecule has 0 aromatic rings. The smallest absolute Gasteiger partial charge is 0.311 e. The fourth-order valence-corrected chi connectivity index (χ4v) is 8.91. The Bertz CT molecular complexity index is 1620. The molecule has 0 amide bonds. The molecule has 19 atom stereocenters. The van der Waals surface area contributed by atoms with Crippen molar-refractivity contribution in [3.8, 4) is 0 Å². The first-order chi connectivity index (χ1) is 30.9. The van der Waals surface area contributed by atoms with E-state index in [4.69, 9.17) is 29.4 Å². The molecule has 12 N–H and O–H groups in total. The molecule has 5 aliphatic rings. The van der Waals surface area contributed by atoms with Crippen LogP contribution < -0.4 is 5.73 Å². The van der Waals surface area contributed by atoms with Crippen molar-refractivity contribution in [2.24, 2.45) is 23.5 Å². The fraction of sp³-hybridized carbons (Fsp3) is 0.688. The average molecular weight is 922 g/mol. The summed E-state index contributed by atoms with van der Waals surface area (Å²) < 4.78 is 30.2. The molecule has 368 valence electrons. The third-order valence-electron chi connectivity index (χ3n) is 12.7. The highest BCUT2D eigenvalue weighted by Crippen LogP contribution is 2.35. The molecular formula is C48H75NO16. The summed E-state index contributed by atoms with van der Waals surface area (Å²) in [7, 11) is 0. The number of aliphatic hydroxyl groups is 9. The first kappa shape index (κ1) is 54.7. The van der Waals surface area contributed by atoms with Gasteiger partial charge < -0.3 is 80.5 Å². The molecule has 5 rings (SSSR count). The number of ether oxygens (including phenoxy) is 5. The highest BCUT2D eigenvalue weighted by atomic mass is 16.7. The van der Waals surface area contributed by atoms with E-state index in [1.807, 2.05) is 75.5 Å². The standard InChI is InChI=1S/C48H75NO16/c1-27-17-15-13-11-9-7-5-6-8-10-12-14-16-18-34(65-48-46(58)43(49)45(57)30(4)63-48)26-39-42(47(59)60)38(55)25-35(64-39)22-33(52)23-37(54)36(53)20-19-31(50)21-32(51)24-40-61-28(2)41(44(27)56)29(3)62-40/h5-18,27-46,48,50-58H,19-26,49H2,1-4H3,(H,59,60)/b6-5+,9-7+,10-8+,13-11+,14-12+,17-15+,18-16+. The van der Waals surface area contributed by atoms with Crippen molar-refractivity contribution in [3.05, 3.63) is 85.1 Å². The number of rotatable bonds is 3. The van der Waals surface area contributed by atoms with Crippen LogP contribution in [0.25, 0.3) is 0 Å². The zero-order chi connectivity index (χ0) is 47.8. The van der Waals surface area contributed by atoms with Crippen molar-refractivity contribution < 1.29 is 79.5 Å². The van der Waals surface area contributed by atoms with Gasteiger partial charge in [0, 0.05) is 37.5 Å². The largest absolute Gasteiger partial charge is 0.481 e. The Hall–Kier alpha value is -2.95. The zero-order valence-corrected chi connectivity index (χ0v) is 37.9. The summed E-state index contributed by atoms with van der Waals surface area (Å²) in [5.74, 6) is -3.26. The molecule has 19 unspecified atom stereocenters. The number of nitrogens with two attached hydrogens (primary N) is 1. The zero-order valence-electron chi connectivity index (χ0n) is 37.9. The van der Waals surface area contributed by atoms with Crippen molar-refractivity contribution in [1.29, 1.82) is 0 Å². The van der Waals surface area contributed by atoms with Crippen molar-refractivity contribution in [2.75, 3.05) is 0 Å².